The Bertz CT molecular complexity index is 614. The van der Waals surface area contributed by atoms with Gasteiger partial charge in [0.25, 0.3) is 0 Å². The number of aliphatic hydroxyl groups is 1. The van der Waals surface area contributed by atoms with E-state index >= 15 is 0 Å². The number of hydrogen-bond acceptors (Lipinski definition) is 2. The van der Waals surface area contributed by atoms with Gasteiger partial charge in [0.05, 0.1) is 6.10 Å². The predicted octanol–water partition coefficient (Wildman–Crippen LogP) is 3.61. The van der Waals surface area contributed by atoms with Crippen molar-refractivity contribution in [1.82, 2.24) is 0 Å². The quantitative estimate of drug-likeness (QED) is 0.839. The van der Waals surface area contributed by atoms with Crippen molar-refractivity contribution in [1.29, 1.82) is 0 Å². The molecule has 3 N–H and O–H groups in total. The molecule has 0 radical (unpaired) electrons. The van der Waals surface area contributed by atoms with Gasteiger partial charge in [-0.3, -0.25) is 0 Å². The average molecular weight is 273 g/mol. The summed E-state index contributed by atoms with van der Waals surface area (Å²) < 4.78 is 13.3. The van der Waals surface area contributed by atoms with E-state index in [4.69, 9.17) is 5.73 Å². The Balaban J connectivity index is 2.32. The zero-order chi connectivity index (χ0) is 14.9. The third-order valence-corrected chi connectivity index (χ3v) is 3.65. The molecule has 0 aromatic heterocycles. The lowest BCUT2D eigenvalue weighted by Gasteiger charge is -2.17. The minimum absolute atomic E-state index is 0.384. The number of nitrogens with two attached hydrogens (primary N) is 1. The topological polar surface area (TPSA) is 46.2 Å². The standard InChI is InChI=1S/C17H20FNO/c1-10-6-11(2)14(12(3)7-10)9-17(20)15-8-13(18)4-5-16(15)19/h4-8,17,20H,9,19H2,1-3H3. The van der Waals surface area contributed by atoms with E-state index in [1.165, 1.54) is 23.8 Å². The summed E-state index contributed by atoms with van der Waals surface area (Å²) in [5.74, 6) is -0.384. The Labute approximate surface area is 119 Å². The molecule has 0 aliphatic carbocycles. The molecule has 0 bridgehead atoms. The molecule has 0 aliphatic rings. The Morgan fingerprint density at radius 3 is 2.30 bits per heavy atom. The molecule has 3 heteroatoms. The van der Waals surface area contributed by atoms with E-state index < -0.39 is 6.10 Å². The largest absolute Gasteiger partial charge is 0.398 e. The zero-order valence-corrected chi connectivity index (χ0v) is 12.1. The Hall–Kier alpha value is -1.87. The Morgan fingerprint density at radius 1 is 1.10 bits per heavy atom. The van der Waals surface area contributed by atoms with Crippen LogP contribution in [0.15, 0.2) is 30.3 Å². The van der Waals surface area contributed by atoms with Gasteiger partial charge < -0.3 is 10.8 Å². The highest BCUT2D eigenvalue weighted by atomic mass is 19.1. The van der Waals surface area contributed by atoms with Crippen LogP contribution in [0.4, 0.5) is 10.1 Å². The summed E-state index contributed by atoms with van der Waals surface area (Å²) in [6.45, 7) is 6.10. The minimum atomic E-state index is -0.800. The van der Waals surface area contributed by atoms with Crippen LogP contribution in [0.3, 0.4) is 0 Å². The van der Waals surface area contributed by atoms with Gasteiger partial charge in [-0.1, -0.05) is 17.7 Å². The summed E-state index contributed by atoms with van der Waals surface area (Å²) in [6.07, 6.45) is -0.364. The molecule has 2 rings (SSSR count). The van der Waals surface area contributed by atoms with Gasteiger partial charge in [-0.15, -0.1) is 0 Å². The van der Waals surface area contributed by atoms with E-state index in [1.54, 1.807) is 0 Å². The van der Waals surface area contributed by atoms with Gasteiger partial charge >= 0.3 is 0 Å². The van der Waals surface area contributed by atoms with E-state index in [9.17, 15) is 9.50 Å². The molecule has 106 valence electrons. The lowest BCUT2D eigenvalue weighted by atomic mass is 9.92. The molecule has 1 unspecified atom stereocenters. The number of nitrogen functional groups attached to an aromatic ring is 1. The van der Waals surface area contributed by atoms with E-state index in [2.05, 4.69) is 12.1 Å². The molecule has 2 aromatic rings. The molecular formula is C17H20FNO. The first-order chi connectivity index (χ1) is 9.38. The second-order valence-corrected chi connectivity index (χ2v) is 5.37. The lowest BCUT2D eigenvalue weighted by Crippen LogP contribution is -2.08. The minimum Gasteiger partial charge on any atom is -0.398 e. The van der Waals surface area contributed by atoms with Crippen LogP contribution in [0.2, 0.25) is 0 Å². The highest BCUT2D eigenvalue weighted by Gasteiger charge is 2.15. The van der Waals surface area contributed by atoms with Crippen LogP contribution >= 0.6 is 0 Å². The number of hydrogen-bond donors (Lipinski definition) is 2. The number of aryl methyl sites for hydroxylation is 3. The third kappa shape index (κ3) is 2.99. The van der Waals surface area contributed by atoms with Crippen molar-refractivity contribution in [2.45, 2.75) is 33.3 Å². The van der Waals surface area contributed by atoms with Crippen molar-refractivity contribution < 1.29 is 9.50 Å². The van der Waals surface area contributed by atoms with Gasteiger partial charge in [-0.05, 0) is 55.7 Å². The number of aliphatic hydroxyl groups excluding tert-OH is 1. The van der Waals surface area contributed by atoms with Crippen molar-refractivity contribution in [2.75, 3.05) is 5.73 Å². The molecule has 0 fully saturated rings. The lowest BCUT2D eigenvalue weighted by molar-refractivity contribution is 0.178. The molecule has 20 heavy (non-hydrogen) atoms. The second-order valence-electron chi connectivity index (χ2n) is 5.37. The van der Waals surface area contributed by atoms with Crippen molar-refractivity contribution in [3.63, 3.8) is 0 Å². The molecule has 2 nitrogen and oxygen atoms in total. The first-order valence-corrected chi connectivity index (χ1v) is 6.68. The first-order valence-electron chi connectivity index (χ1n) is 6.68. The summed E-state index contributed by atoms with van der Waals surface area (Å²) in [5, 5.41) is 10.4. The van der Waals surface area contributed by atoms with Gasteiger partial charge in [0.1, 0.15) is 5.82 Å². The van der Waals surface area contributed by atoms with E-state index in [-0.39, 0.29) is 5.82 Å². The maximum absolute atomic E-state index is 13.3. The summed E-state index contributed by atoms with van der Waals surface area (Å²) >= 11 is 0. The van der Waals surface area contributed by atoms with Gasteiger partial charge in [0, 0.05) is 17.7 Å². The maximum atomic E-state index is 13.3. The molecule has 0 heterocycles. The van der Waals surface area contributed by atoms with Crippen molar-refractivity contribution in [2.24, 2.45) is 0 Å². The predicted molar refractivity (Wildman–Crippen MR) is 80.1 cm³/mol. The van der Waals surface area contributed by atoms with Crippen LogP contribution in [-0.4, -0.2) is 5.11 Å². The van der Waals surface area contributed by atoms with Crippen molar-refractivity contribution in [3.8, 4) is 0 Å². The fraction of sp³-hybridized carbons (Fsp3) is 0.294. The Morgan fingerprint density at radius 2 is 1.70 bits per heavy atom. The van der Waals surface area contributed by atoms with Gasteiger partial charge in [0.2, 0.25) is 0 Å². The van der Waals surface area contributed by atoms with Gasteiger partial charge in [0.15, 0.2) is 0 Å². The molecule has 0 saturated heterocycles. The average Bonchev–Trinajstić information content (AvgIpc) is 2.36. The fourth-order valence-electron chi connectivity index (χ4n) is 2.67. The highest BCUT2D eigenvalue weighted by molar-refractivity contribution is 5.49. The third-order valence-electron chi connectivity index (χ3n) is 3.65. The van der Waals surface area contributed by atoms with Crippen LogP contribution < -0.4 is 5.73 Å². The number of rotatable bonds is 3. The number of benzene rings is 2. The maximum Gasteiger partial charge on any atom is 0.123 e. The monoisotopic (exact) mass is 273 g/mol. The first kappa shape index (κ1) is 14.5. The second kappa shape index (κ2) is 5.63. The highest BCUT2D eigenvalue weighted by Crippen LogP contribution is 2.27. The van der Waals surface area contributed by atoms with Crippen LogP contribution in [0.1, 0.15) is 33.9 Å². The summed E-state index contributed by atoms with van der Waals surface area (Å²) in [5.41, 5.74) is 11.2. The molecule has 2 aromatic carbocycles. The van der Waals surface area contributed by atoms with Crippen LogP contribution in [0.5, 0.6) is 0 Å². The number of anilines is 1. The smallest absolute Gasteiger partial charge is 0.123 e. The fourth-order valence-corrected chi connectivity index (χ4v) is 2.67. The summed E-state index contributed by atoms with van der Waals surface area (Å²) in [4.78, 5) is 0. The molecule has 0 saturated carbocycles. The Kier molecular flexibility index (Phi) is 4.09. The van der Waals surface area contributed by atoms with Crippen LogP contribution in [0, 0.1) is 26.6 Å². The van der Waals surface area contributed by atoms with Crippen LogP contribution in [-0.2, 0) is 6.42 Å². The van der Waals surface area contributed by atoms with Crippen LogP contribution in [0.25, 0.3) is 0 Å². The van der Waals surface area contributed by atoms with Crippen molar-refractivity contribution in [3.05, 3.63) is 64.0 Å². The SMILES string of the molecule is Cc1cc(C)c(CC(O)c2cc(F)ccc2N)c(C)c1. The molecule has 1 atom stereocenters. The summed E-state index contributed by atoms with van der Waals surface area (Å²) in [7, 11) is 0. The van der Waals surface area contributed by atoms with E-state index in [1.807, 2.05) is 20.8 Å². The molecular weight excluding hydrogens is 253 g/mol. The normalized spacial score (nSPS) is 12.4. The van der Waals surface area contributed by atoms with Gasteiger partial charge in [-0.25, -0.2) is 4.39 Å². The molecule has 0 spiro atoms. The van der Waals surface area contributed by atoms with E-state index in [0.717, 1.165) is 16.7 Å². The van der Waals surface area contributed by atoms with E-state index in [0.29, 0.717) is 17.7 Å². The number of halogens is 1. The molecule has 0 aliphatic heterocycles. The summed E-state index contributed by atoms with van der Waals surface area (Å²) in [6, 6.07) is 8.27. The zero-order valence-electron chi connectivity index (χ0n) is 12.1. The van der Waals surface area contributed by atoms with Gasteiger partial charge in [-0.2, -0.15) is 0 Å². The van der Waals surface area contributed by atoms with Crippen molar-refractivity contribution >= 4 is 5.69 Å². The molecule has 0 amide bonds.